The summed E-state index contributed by atoms with van der Waals surface area (Å²) in [6.07, 6.45) is 0.945. The van der Waals surface area contributed by atoms with Gasteiger partial charge in [-0.2, -0.15) is 0 Å². The van der Waals surface area contributed by atoms with Crippen molar-refractivity contribution in [1.82, 2.24) is 9.55 Å². The maximum absolute atomic E-state index is 13.3. The fourth-order valence-corrected chi connectivity index (χ4v) is 4.13. The van der Waals surface area contributed by atoms with E-state index in [2.05, 4.69) is 17.2 Å². The number of hydrogen-bond donors (Lipinski definition) is 1. The molecule has 4 rings (SSSR count). The van der Waals surface area contributed by atoms with Crippen LogP contribution in [0.1, 0.15) is 12.5 Å². The molecule has 1 aromatic heterocycles. The number of aromatic nitrogens is 2. The average Bonchev–Trinajstić information content (AvgIpc) is 2.83. The predicted octanol–water partition coefficient (Wildman–Crippen LogP) is 4.69. The van der Waals surface area contributed by atoms with Gasteiger partial charge in [-0.3, -0.25) is 14.2 Å². The van der Waals surface area contributed by atoms with Gasteiger partial charge in [0.15, 0.2) is 5.16 Å². The number of thioether (sulfide) groups is 1. The molecule has 32 heavy (non-hydrogen) atoms. The van der Waals surface area contributed by atoms with Crippen molar-refractivity contribution in [3.63, 3.8) is 0 Å². The Bertz CT molecular complexity index is 1300. The van der Waals surface area contributed by atoms with E-state index in [1.54, 1.807) is 43.5 Å². The number of aryl methyl sites for hydroxylation is 1. The minimum atomic E-state index is -0.182. The van der Waals surface area contributed by atoms with Gasteiger partial charge in [0.1, 0.15) is 5.75 Å². The molecule has 1 N–H and O–H groups in total. The van der Waals surface area contributed by atoms with Crippen LogP contribution in [0.25, 0.3) is 16.6 Å². The molecule has 0 aliphatic carbocycles. The third-order valence-electron chi connectivity index (χ3n) is 5.05. The molecule has 1 amide bonds. The normalized spacial score (nSPS) is 10.8. The molecule has 0 bridgehead atoms. The minimum Gasteiger partial charge on any atom is -0.497 e. The van der Waals surface area contributed by atoms with E-state index < -0.39 is 0 Å². The lowest BCUT2D eigenvalue weighted by Crippen LogP contribution is -2.23. The largest absolute Gasteiger partial charge is 0.497 e. The van der Waals surface area contributed by atoms with E-state index in [0.29, 0.717) is 27.5 Å². The van der Waals surface area contributed by atoms with E-state index >= 15 is 0 Å². The first-order chi connectivity index (χ1) is 15.6. The van der Waals surface area contributed by atoms with Gasteiger partial charge in [0, 0.05) is 5.69 Å². The Kier molecular flexibility index (Phi) is 6.56. The van der Waals surface area contributed by atoms with Crippen LogP contribution in [0.5, 0.6) is 5.75 Å². The van der Waals surface area contributed by atoms with E-state index in [1.165, 1.54) is 21.9 Å². The molecule has 0 aliphatic heterocycles. The fraction of sp³-hybridized carbons (Fsp3) is 0.160. The van der Waals surface area contributed by atoms with E-state index in [9.17, 15) is 9.59 Å². The number of nitrogens with one attached hydrogen (secondary N) is 1. The molecule has 1 heterocycles. The minimum absolute atomic E-state index is 0.121. The Balaban J connectivity index is 1.62. The van der Waals surface area contributed by atoms with Crippen LogP contribution in [0.15, 0.2) is 82.7 Å². The number of para-hydroxylation sites is 1. The van der Waals surface area contributed by atoms with Crippen molar-refractivity contribution in [2.45, 2.75) is 18.5 Å². The zero-order valence-electron chi connectivity index (χ0n) is 17.9. The number of anilines is 1. The molecule has 0 spiro atoms. The number of amides is 1. The zero-order chi connectivity index (χ0) is 22.5. The van der Waals surface area contributed by atoms with E-state index in [-0.39, 0.29) is 17.2 Å². The molecule has 7 heteroatoms. The van der Waals surface area contributed by atoms with Crippen LogP contribution in [0.4, 0.5) is 5.69 Å². The van der Waals surface area contributed by atoms with E-state index in [4.69, 9.17) is 4.74 Å². The lowest BCUT2D eigenvalue weighted by Gasteiger charge is -2.13. The maximum atomic E-state index is 13.3. The summed E-state index contributed by atoms with van der Waals surface area (Å²) in [5, 5.41) is 3.87. The highest BCUT2D eigenvalue weighted by atomic mass is 32.2. The highest BCUT2D eigenvalue weighted by molar-refractivity contribution is 7.99. The Labute approximate surface area is 190 Å². The van der Waals surface area contributed by atoms with Crippen molar-refractivity contribution in [3.05, 3.63) is 88.7 Å². The van der Waals surface area contributed by atoms with Gasteiger partial charge in [-0.05, 0) is 60.5 Å². The van der Waals surface area contributed by atoms with Crippen molar-refractivity contribution in [3.8, 4) is 11.4 Å². The molecule has 0 unspecified atom stereocenters. The van der Waals surface area contributed by atoms with Crippen molar-refractivity contribution in [2.24, 2.45) is 0 Å². The molecule has 162 valence electrons. The molecule has 0 saturated carbocycles. The van der Waals surface area contributed by atoms with Crippen LogP contribution >= 0.6 is 11.8 Å². The molecular formula is C25H23N3O3S. The topological polar surface area (TPSA) is 73.2 Å². The second kappa shape index (κ2) is 9.70. The molecule has 0 aliphatic rings. The van der Waals surface area contributed by atoms with Crippen LogP contribution in [-0.4, -0.2) is 28.3 Å². The van der Waals surface area contributed by atoms with Gasteiger partial charge >= 0.3 is 0 Å². The second-order valence-corrected chi connectivity index (χ2v) is 8.08. The Morgan fingerprint density at radius 3 is 2.44 bits per heavy atom. The van der Waals surface area contributed by atoms with E-state index in [1.807, 2.05) is 36.4 Å². The highest BCUT2D eigenvalue weighted by Gasteiger charge is 2.15. The monoisotopic (exact) mass is 445 g/mol. The van der Waals surface area contributed by atoms with Crippen molar-refractivity contribution in [1.29, 1.82) is 0 Å². The Hall–Kier alpha value is -3.58. The fourth-order valence-electron chi connectivity index (χ4n) is 3.32. The second-order valence-electron chi connectivity index (χ2n) is 7.14. The van der Waals surface area contributed by atoms with Gasteiger partial charge in [0.05, 0.1) is 29.5 Å². The summed E-state index contributed by atoms with van der Waals surface area (Å²) < 4.78 is 6.76. The lowest BCUT2D eigenvalue weighted by molar-refractivity contribution is -0.113. The Morgan fingerprint density at radius 1 is 1.03 bits per heavy atom. The smallest absolute Gasteiger partial charge is 0.266 e. The van der Waals surface area contributed by atoms with Crippen LogP contribution in [0.2, 0.25) is 0 Å². The van der Waals surface area contributed by atoms with E-state index in [0.717, 1.165) is 12.1 Å². The molecule has 0 atom stereocenters. The highest BCUT2D eigenvalue weighted by Crippen LogP contribution is 2.23. The number of hydrogen-bond acceptors (Lipinski definition) is 5. The summed E-state index contributed by atoms with van der Waals surface area (Å²) in [7, 11) is 1.59. The number of methoxy groups -OCH3 is 1. The predicted molar refractivity (Wildman–Crippen MR) is 129 cm³/mol. The van der Waals surface area contributed by atoms with Gasteiger partial charge in [-0.1, -0.05) is 43.0 Å². The molecule has 3 aromatic carbocycles. The van der Waals surface area contributed by atoms with Gasteiger partial charge < -0.3 is 10.1 Å². The molecule has 4 aromatic rings. The average molecular weight is 446 g/mol. The van der Waals surface area contributed by atoms with Crippen LogP contribution in [-0.2, 0) is 11.2 Å². The summed E-state index contributed by atoms with van der Waals surface area (Å²) in [5.41, 5.74) is 3.03. The maximum Gasteiger partial charge on any atom is 0.266 e. The molecule has 0 radical (unpaired) electrons. The number of ether oxygens (including phenoxy) is 1. The molecule has 0 saturated heterocycles. The third kappa shape index (κ3) is 4.68. The van der Waals surface area contributed by atoms with Gasteiger partial charge in [-0.25, -0.2) is 4.98 Å². The van der Waals surface area contributed by atoms with Gasteiger partial charge in [-0.15, -0.1) is 0 Å². The number of benzene rings is 3. The summed E-state index contributed by atoms with van der Waals surface area (Å²) in [6, 6.07) is 22.2. The first-order valence-corrected chi connectivity index (χ1v) is 11.3. The van der Waals surface area contributed by atoms with Gasteiger partial charge in [0.25, 0.3) is 5.56 Å². The lowest BCUT2D eigenvalue weighted by atomic mass is 10.1. The molecular weight excluding hydrogens is 422 g/mol. The van der Waals surface area contributed by atoms with Crippen LogP contribution in [0.3, 0.4) is 0 Å². The number of nitrogens with zero attached hydrogens (tertiary/aromatic N) is 2. The third-order valence-corrected chi connectivity index (χ3v) is 5.99. The van der Waals surface area contributed by atoms with Crippen molar-refractivity contribution in [2.75, 3.05) is 18.2 Å². The van der Waals surface area contributed by atoms with Crippen LogP contribution < -0.4 is 15.6 Å². The molecule has 0 fully saturated rings. The number of carbonyl (C=O) groups is 1. The first kappa shape index (κ1) is 21.6. The van der Waals surface area contributed by atoms with Crippen LogP contribution in [0, 0.1) is 0 Å². The summed E-state index contributed by atoms with van der Waals surface area (Å²) in [6.45, 7) is 2.09. The van der Waals surface area contributed by atoms with Gasteiger partial charge in [0.2, 0.25) is 5.91 Å². The van der Waals surface area contributed by atoms with Crippen molar-refractivity contribution >= 4 is 34.3 Å². The number of fused-ring (bicyclic) bond motifs is 1. The van der Waals surface area contributed by atoms with Crippen molar-refractivity contribution < 1.29 is 9.53 Å². The number of carbonyl (C=O) groups excluding carboxylic acids is 1. The zero-order valence-corrected chi connectivity index (χ0v) is 18.7. The quantitative estimate of drug-likeness (QED) is 0.330. The first-order valence-electron chi connectivity index (χ1n) is 10.3. The summed E-state index contributed by atoms with van der Waals surface area (Å²) in [5.74, 6) is 0.650. The summed E-state index contributed by atoms with van der Waals surface area (Å²) >= 11 is 1.22. The SMILES string of the molecule is CCc1ccc(NC(=O)CSc2nc3ccccc3c(=O)n2-c2ccc(OC)cc2)cc1. The summed E-state index contributed by atoms with van der Waals surface area (Å²) in [4.78, 5) is 30.5. The number of rotatable bonds is 7. The molecule has 6 nitrogen and oxygen atoms in total. The standard InChI is InChI=1S/C25H23N3O3S/c1-3-17-8-10-18(11-9-17)26-23(29)16-32-25-27-22-7-5-4-6-21(22)24(30)28(25)19-12-14-20(31-2)15-13-19/h4-15H,3,16H2,1-2H3,(H,26,29). The Morgan fingerprint density at radius 2 is 1.75 bits per heavy atom.